The summed E-state index contributed by atoms with van der Waals surface area (Å²) in [6.07, 6.45) is 2.73. The van der Waals surface area contributed by atoms with Gasteiger partial charge < -0.3 is 14.7 Å². The van der Waals surface area contributed by atoms with Crippen molar-refractivity contribution in [3.05, 3.63) is 48.7 Å². The highest BCUT2D eigenvalue weighted by Crippen LogP contribution is 2.26. The van der Waals surface area contributed by atoms with Crippen LogP contribution in [0.15, 0.2) is 48.7 Å². The number of aryl methyl sites for hydroxylation is 1. The Labute approximate surface area is 160 Å². The fourth-order valence-corrected chi connectivity index (χ4v) is 3.44. The van der Waals surface area contributed by atoms with Gasteiger partial charge in [0.25, 0.3) is 0 Å². The van der Waals surface area contributed by atoms with Gasteiger partial charge in [0.1, 0.15) is 0 Å². The maximum Gasteiger partial charge on any atom is 0.0929 e. The van der Waals surface area contributed by atoms with Crippen molar-refractivity contribution < 1.29 is 9.84 Å². The molecule has 1 aliphatic heterocycles. The van der Waals surface area contributed by atoms with Crippen molar-refractivity contribution in [2.24, 2.45) is 0 Å². The van der Waals surface area contributed by atoms with E-state index in [1.165, 1.54) is 16.8 Å². The lowest BCUT2D eigenvalue weighted by Crippen LogP contribution is -2.36. The molecule has 1 fully saturated rings. The van der Waals surface area contributed by atoms with Crippen LogP contribution in [0.5, 0.6) is 0 Å². The molecule has 0 bridgehead atoms. The lowest BCUT2D eigenvalue weighted by molar-refractivity contribution is 0.0651. The van der Waals surface area contributed by atoms with Gasteiger partial charge in [-0.05, 0) is 49.6 Å². The summed E-state index contributed by atoms with van der Waals surface area (Å²) in [5.74, 6) is 0. The Hall–Kier alpha value is -2.37. The Morgan fingerprint density at radius 2 is 1.74 bits per heavy atom. The van der Waals surface area contributed by atoms with Gasteiger partial charge in [-0.3, -0.25) is 4.68 Å². The number of aliphatic hydroxyl groups is 1. The van der Waals surface area contributed by atoms with E-state index in [0.717, 1.165) is 37.2 Å². The molecular weight excluding hydrogens is 338 g/mol. The van der Waals surface area contributed by atoms with E-state index in [0.29, 0.717) is 13.0 Å². The second-order valence-corrected chi connectivity index (χ2v) is 7.87. The Bertz CT molecular complexity index is 903. The van der Waals surface area contributed by atoms with E-state index >= 15 is 0 Å². The van der Waals surface area contributed by atoms with Gasteiger partial charge >= 0.3 is 0 Å². The second-order valence-electron chi connectivity index (χ2n) is 7.87. The number of anilines is 1. The molecule has 0 atom stereocenters. The molecule has 2 heterocycles. The first kappa shape index (κ1) is 18.0. The molecule has 0 amide bonds. The summed E-state index contributed by atoms with van der Waals surface area (Å²) >= 11 is 0. The Morgan fingerprint density at radius 1 is 1.04 bits per heavy atom. The molecule has 3 aromatic rings. The van der Waals surface area contributed by atoms with Crippen molar-refractivity contribution in [2.45, 2.75) is 32.4 Å². The van der Waals surface area contributed by atoms with Crippen LogP contribution >= 0.6 is 0 Å². The van der Waals surface area contributed by atoms with Crippen LogP contribution in [0, 0.1) is 0 Å². The van der Waals surface area contributed by atoms with Gasteiger partial charge in [0.05, 0.1) is 24.3 Å². The van der Waals surface area contributed by atoms with E-state index in [1.807, 2.05) is 24.7 Å². The van der Waals surface area contributed by atoms with Crippen molar-refractivity contribution in [2.75, 3.05) is 31.2 Å². The van der Waals surface area contributed by atoms with Gasteiger partial charge in [-0.15, -0.1) is 0 Å². The number of morpholine rings is 1. The molecule has 5 nitrogen and oxygen atoms in total. The number of benzene rings is 2. The first-order valence-electron chi connectivity index (χ1n) is 9.61. The molecule has 1 saturated heterocycles. The summed E-state index contributed by atoms with van der Waals surface area (Å²) < 4.78 is 7.35. The maximum atomic E-state index is 9.91. The Morgan fingerprint density at radius 3 is 2.44 bits per heavy atom. The van der Waals surface area contributed by atoms with Crippen LogP contribution in [0.25, 0.3) is 22.0 Å². The standard InChI is InChI=1S/C22H27N3O2/c1-22(2,26)9-10-25-16-19-4-3-18(15-21(19)23-25)17-5-7-20(8-6-17)24-11-13-27-14-12-24/h3-8,15-16,26H,9-14H2,1-2H3. The molecule has 27 heavy (non-hydrogen) atoms. The summed E-state index contributed by atoms with van der Waals surface area (Å²) in [5, 5.41) is 15.7. The fraction of sp³-hybridized carbons (Fsp3) is 0.409. The van der Waals surface area contributed by atoms with E-state index in [2.05, 4.69) is 52.5 Å². The third kappa shape index (κ3) is 4.31. The lowest BCUT2D eigenvalue weighted by atomic mass is 10.0. The van der Waals surface area contributed by atoms with Crippen LogP contribution in [0.1, 0.15) is 20.3 Å². The Kier molecular flexibility index (Phi) is 4.89. The van der Waals surface area contributed by atoms with Gasteiger partial charge in [0.15, 0.2) is 0 Å². The minimum atomic E-state index is -0.675. The highest BCUT2D eigenvalue weighted by molar-refractivity contribution is 5.84. The van der Waals surface area contributed by atoms with Crippen molar-refractivity contribution in [3.63, 3.8) is 0 Å². The predicted octanol–water partition coefficient (Wildman–Crippen LogP) is 3.70. The molecule has 1 aliphatic rings. The van der Waals surface area contributed by atoms with Crippen LogP contribution in [0.4, 0.5) is 5.69 Å². The van der Waals surface area contributed by atoms with E-state index < -0.39 is 5.60 Å². The number of nitrogens with zero attached hydrogens (tertiary/aromatic N) is 3. The number of hydrogen-bond donors (Lipinski definition) is 1. The highest BCUT2D eigenvalue weighted by Gasteiger charge is 2.13. The molecule has 0 saturated carbocycles. The van der Waals surface area contributed by atoms with E-state index in [4.69, 9.17) is 4.74 Å². The normalized spacial score (nSPS) is 15.4. The molecule has 0 radical (unpaired) electrons. The molecule has 2 aromatic carbocycles. The second kappa shape index (κ2) is 7.33. The minimum absolute atomic E-state index is 0.675. The molecule has 142 valence electrons. The van der Waals surface area contributed by atoms with Crippen LogP contribution in [0.3, 0.4) is 0 Å². The van der Waals surface area contributed by atoms with Crippen molar-refractivity contribution in [1.82, 2.24) is 9.78 Å². The Balaban J connectivity index is 1.52. The minimum Gasteiger partial charge on any atom is -0.390 e. The summed E-state index contributed by atoms with van der Waals surface area (Å²) in [6, 6.07) is 15.1. The summed E-state index contributed by atoms with van der Waals surface area (Å²) in [4.78, 5) is 2.36. The average Bonchev–Trinajstić information content (AvgIpc) is 3.09. The summed E-state index contributed by atoms with van der Waals surface area (Å²) in [7, 11) is 0. The number of rotatable bonds is 5. The maximum absolute atomic E-state index is 9.91. The average molecular weight is 365 g/mol. The van der Waals surface area contributed by atoms with Gasteiger partial charge in [-0.25, -0.2) is 0 Å². The highest BCUT2D eigenvalue weighted by atomic mass is 16.5. The van der Waals surface area contributed by atoms with E-state index in [1.54, 1.807) is 0 Å². The molecule has 0 unspecified atom stereocenters. The predicted molar refractivity (Wildman–Crippen MR) is 109 cm³/mol. The van der Waals surface area contributed by atoms with Crippen molar-refractivity contribution >= 4 is 16.6 Å². The molecule has 1 N–H and O–H groups in total. The van der Waals surface area contributed by atoms with Gasteiger partial charge in [0.2, 0.25) is 0 Å². The molecule has 0 aliphatic carbocycles. The summed E-state index contributed by atoms with van der Waals surface area (Å²) in [5.41, 5.74) is 3.93. The SMILES string of the molecule is CC(C)(O)CCn1cc2ccc(-c3ccc(N4CCOCC4)cc3)cc2n1. The molecule has 4 rings (SSSR count). The van der Waals surface area contributed by atoms with Gasteiger partial charge in [-0.2, -0.15) is 5.10 Å². The largest absolute Gasteiger partial charge is 0.390 e. The van der Waals surface area contributed by atoms with Crippen LogP contribution in [-0.4, -0.2) is 46.8 Å². The molecule has 5 heteroatoms. The van der Waals surface area contributed by atoms with Crippen molar-refractivity contribution in [3.8, 4) is 11.1 Å². The van der Waals surface area contributed by atoms with E-state index in [9.17, 15) is 5.11 Å². The monoisotopic (exact) mass is 365 g/mol. The van der Waals surface area contributed by atoms with Crippen LogP contribution in [0.2, 0.25) is 0 Å². The van der Waals surface area contributed by atoms with Gasteiger partial charge in [0, 0.05) is 36.9 Å². The van der Waals surface area contributed by atoms with Crippen LogP contribution < -0.4 is 4.90 Å². The molecule has 1 aromatic heterocycles. The number of fused-ring (bicyclic) bond motifs is 1. The molecule has 0 spiro atoms. The first-order chi connectivity index (χ1) is 13.0. The number of hydrogen-bond acceptors (Lipinski definition) is 4. The summed E-state index contributed by atoms with van der Waals surface area (Å²) in [6.45, 7) is 7.87. The fourth-order valence-electron chi connectivity index (χ4n) is 3.44. The zero-order valence-electron chi connectivity index (χ0n) is 16.1. The molecular formula is C22H27N3O2. The van der Waals surface area contributed by atoms with E-state index in [-0.39, 0.29) is 0 Å². The lowest BCUT2D eigenvalue weighted by Gasteiger charge is -2.28. The first-order valence-corrected chi connectivity index (χ1v) is 9.61. The van der Waals surface area contributed by atoms with Gasteiger partial charge in [-0.1, -0.05) is 24.3 Å². The zero-order valence-corrected chi connectivity index (χ0v) is 16.1. The number of aromatic nitrogens is 2. The van der Waals surface area contributed by atoms with Crippen LogP contribution in [-0.2, 0) is 11.3 Å². The third-order valence-electron chi connectivity index (χ3n) is 5.08. The third-order valence-corrected chi connectivity index (χ3v) is 5.08. The van der Waals surface area contributed by atoms with Crippen molar-refractivity contribution in [1.29, 1.82) is 0 Å². The number of ether oxygens (including phenoxy) is 1. The zero-order chi connectivity index (χ0) is 18.9. The topological polar surface area (TPSA) is 50.5 Å². The quantitative estimate of drug-likeness (QED) is 0.749. The smallest absolute Gasteiger partial charge is 0.0929 e.